The molecule has 0 unspecified atom stereocenters. The number of rotatable bonds is 5. The lowest BCUT2D eigenvalue weighted by Gasteiger charge is -2.34. The zero-order valence-corrected chi connectivity index (χ0v) is 31.2. The van der Waals surface area contributed by atoms with Gasteiger partial charge in [-0.1, -0.05) is 164 Å². The van der Waals surface area contributed by atoms with Crippen LogP contribution in [0.1, 0.15) is 22.3 Å². The molecule has 266 valence electrons. The van der Waals surface area contributed by atoms with Crippen LogP contribution in [0.2, 0.25) is 0 Å². The van der Waals surface area contributed by atoms with E-state index in [1.54, 1.807) is 0 Å². The largest absolute Gasteiger partial charge is 0.309 e. The Kier molecular flexibility index (Phi) is 6.88. The molecule has 1 aliphatic rings. The predicted octanol–water partition coefficient (Wildman–Crippen LogP) is 13.9. The topological polar surface area (TPSA) is 9.86 Å². The van der Waals surface area contributed by atoms with Crippen molar-refractivity contribution in [2.75, 3.05) is 0 Å². The minimum atomic E-state index is -0.553. The van der Waals surface area contributed by atoms with Crippen LogP contribution in [0.25, 0.3) is 77.2 Å². The van der Waals surface area contributed by atoms with Gasteiger partial charge in [-0.15, -0.1) is 0 Å². The molecule has 11 aromatic rings. The highest BCUT2D eigenvalue weighted by Gasteiger charge is 2.47. The van der Waals surface area contributed by atoms with Crippen LogP contribution in [-0.4, -0.2) is 9.13 Å². The van der Waals surface area contributed by atoms with E-state index in [2.05, 4.69) is 228 Å². The van der Waals surface area contributed by atoms with Gasteiger partial charge in [0.15, 0.2) is 0 Å². The summed E-state index contributed by atoms with van der Waals surface area (Å²) in [5, 5.41) is 5.01. The van der Waals surface area contributed by atoms with E-state index in [9.17, 15) is 0 Å². The molecule has 57 heavy (non-hydrogen) atoms. The number of para-hydroxylation sites is 4. The number of fused-ring (bicyclic) bond motifs is 10. The van der Waals surface area contributed by atoms with Crippen LogP contribution in [0, 0.1) is 0 Å². The van der Waals surface area contributed by atoms with Crippen LogP contribution in [0.5, 0.6) is 0 Å². The Hall–Kier alpha value is -7.42. The SMILES string of the molecule is c1ccc(-n2c3ccccc3c3cc(-c4cc5c(c6c4c4ccccc4n6-c4ccccc4)-c4ccccc4C5(c4ccccc4)c4ccccc4)ccc32)cc1. The first-order chi connectivity index (χ1) is 28.3. The molecule has 1 aliphatic carbocycles. The third-order valence-corrected chi connectivity index (χ3v) is 12.4. The highest BCUT2D eigenvalue weighted by atomic mass is 15.0. The molecule has 0 spiro atoms. The van der Waals surface area contributed by atoms with Crippen molar-refractivity contribution in [2.45, 2.75) is 5.41 Å². The lowest BCUT2D eigenvalue weighted by atomic mass is 9.67. The summed E-state index contributed by atoms with van der Waals surface area (Å²) >= 11 is 0. The Labute approximate surface area is 331 Å². The van der Waals surface area contributed by atoms with E-state index in [0.29, 0.717) is 0 Å². The molecule has 0 fully saturated rings. The van der Waals surface area contributed by atoms with Crippen LogP contribution < -0.4 is 0 Å². The van der Waals surface area contributed by atoms with Crippen molar-refractivity contribution in [2.24, 2.45) is 0 Å². The first-order valence-electron chi connectivity index (χ1n) is 19.8. The molecule has 2 aromatic heterocycles. The summed E-state index contributed by atoms with van der Waals surface area (Å²) in [6, 6.07) is 80.6. The van der Waals surface area contributed by atoms with Crippen LogP contribution in [-0.2, 0) is 5.41 Å². The van der Waals surface area contributed by atoms with Gasteiger partial charge in [0.1, 0.15) is 0 Å². The molecule has 0 bridgehead atoms. The molecular formula is C55H36N2. The minimum absolute atomic E-state index is 0.553. The Morgan fingerprint density at radius 2 is 0.842 bits per heavy atom. The van der Waals surface area contributed by atoms with Gasteiger partial charge in [-0.2, -0.15) is 0 Å². The van der Waals surface area contributed by atoms with E-state index in [-0.39, 0.29) is 0 Å². The summed E-state index contributed by atoms with van der Waals surface area (Å²) in [5.41, 5.74) is 16.7. The van der Waals surface area contributed by atoms with Crippen molar-refractivity contribution in [3.05, 3.63) is 241 Å². The second kappa shape index (κ2) is 12.3. The lowest BCUT2D eigenvalue weighted by molar-refractivity contribution is 0.769. The fourth-order valence-electron chi connectivity index (χ4n) is 10.1. The van der Waals surface area contributed by atoms with Crippen molar-refractivity contribution < 1.29 is 0 Å². The van der Waals surface area contributed by atoms with Gasteiger partial charge in [0.2, 0.25) is 0 Å². The summed E-state index contributed by atoms with van der Waals surface area (Å²) in [6.07, 6.45) is 0. The second-order valence-corrected chi connectivity index (χ2v) is 15.2. The monoisotopic (exact) mass is 724 g/mol. The molecule has 2 heteroatoms. The van der Waals surface area contributed by atoms with Crippen LogP contribution in [0.15, 0.2) is 218 Å². The number of aromatic nitrogens is 2. The molecule has 2 nitrogen and oxygen atoms in total. The highest BCUT2D eigenvalue weighted by molar-refractivity contribution is 6.22. The average molecular weight is 725 g/mol. The highest BCUT2D eigenvalue weighted by Crippen LogP contribution is 2.60. The molecule has 0 amide bonds. The van der Waals surface area contributed by atoms with E-state index in [0.717, 1.165) is 11.4 Å². The number of hydrogen-bond donors (Lipinski definition) is 0. The molecule has 0 saturated carbocycles. The van der Waals surface area contributed by atoms with E-state index in [1.807, 2.05) is 0 Å². The van der Waals surface area contributed by atoms with E-state index >= 15 is 0 Å². The standard InChI is InChI=1S/C55H36N2/c1-5-19-38(20-6-1)55(39-21-7-2-8-22-39)47-30-16-13-28-43(47)53-48(55)36-45(52-44-29-15-18-32-50(44)57(54(52)53)41-25-11-4-12-26-41)37-33-34-51-46(35-37)42-27-14-17-31-49(42)56(51)40-23-9-3-10-24-40/h1-36H. The molecular weight excluding hydrogens is 689 g/mol. The van der Waals surface area contributed by atoms with Gasteiger partial charge < -0.3 is 9.13 Å². The fraction of sp³-hybridized carbons (Fsp3) is 0.0182. The van der Waals surface area contributed by atoms with Crippen LogP contribution >= 0.6 is 0 Å². The Morgan fingerprint density at radius 1 is 0.333 bits per heavy atom. The normalized spacial score (nSPS) is 13.1. The van der Waals surface area contributed by atoms with E-state index in [4.69, 9.17) is 0 Å². The maximum Gasteiger partial charge on any atom is 0.0714 e. The Morgan fingerprint density at radius 3 is 1.51 bits per heavy atom. The van der Waals surface area contributed by atoms with Gasteiger partial charge in [-0.25, -0.2) is 0 Å². The van der Waals surface area contributed by atoms with Gasteiger partial charge in [0.05, 0.1) is 27.5 Å². The molecule has 0 saturated heterocycles. The summed E-state index contributed by atoms with van der Waals surface area (Å²) in [5.74, 6) is 0. The second-order valence-electron chi connectivity index (χ2n) is 15.2. The third kappa shape index (κ3) is 4.41. The van der Waals surface area contributed by atoms with Crippen molar-refractivity contribution in [1.29, 1.82) is 0 Å². The zero-order chi connectivity index (χ0) is 37.5. The average Bonchev–Trinajstić information content (AvgIpc) is 3.91. The van der Waals surface area contributed by atoms with Gasteiger partial charge >= 0.3 is 0 Å². The lowest BCUT2D eigenvalue weighted by Crippen LogP contribution is -2.28. The maximum absolute atomic E-state index is 2.55. The van der Waals surface area contributed by atoms with E-state index < -0.39 is 5.41 Å². The molecule has 0 aliphatic heterocycles. The molecule has 2 heterocycles. The van der Waals surface area contributed by atoms with Crippen molar-refractivity contribution in [1.82, 2.24) is 9.13 Å². The molecule has 0 N–H and O–H groups in total. The minimum Gasteiger partial charge on any atom is -0.309 e. The molecule has 9 aromatic carbocycles. The van der Waals surface area contributed by atoms with Gasteiger partial charge in [0, 0.05) is 38.5 Å². The Balaban J connectivity index is 1.29. The van der Waals surface area contributed by atoms with Crippen molar-refractivity contribution >= 4 is 43.6 Å². The van der Waals surface area contributed by atoms with Crippen LogP contribution in [0.4, 0.5) is 0 Å². The first-order valence-corrected chi connectivity index (χ1v) is 19.8. The van der Waals surface area contributed by atoms with E-state index in [1.165, 1.54) is 88.1 Å². The zero-order valence-electron chi connectivity index (χ0n) is 31.2. The summed E-state index contributed by atoms with van der Waals surface area (Å²) in [7, 11) is 0. The summed E-state index contributed by atoms with van der Waals surface area (Å²) in [6.45, 7) is 0. The number of nitrogens with zero attached hydrogens (tertiary/aromatic N) is 2. The van der Waals surface area contributed by atoms with Crippen molar-refractivity contribution in [3.63, 3.8) is 0 Å². The first kappa shape index (κ1) is 31.9. The maximum atomic E-state index is 2.55. The Bertz CT molecular complexity index is 3280. The summed E-state index contributed by atoms with van der Waals surface area (Å²) in [4.78, 5) is 0. The van der Waals surface area contributed by atoms with Crippen molar-refractivity contribution in [3.8, 4) is 33.6 Å². The van der Waals surface area contributed by atoms with Gasteiger partial charge in [-0.3, -0.25) is 0 Å². The fourth-order valence-corrected chi connectivity index (χ4v) is 10.1. The third-order valence-electron chi connectivity index (χ3n) is 12.4. The molecule has 0 radical (unpaired) electrons. The quantitative estimate of drug-likeness (QED) is 0.167. The smallest absolute Gasteiger partial charge is 0.0714 e. The van der Waals surface area contributed by atoms with Gasteiger partial charge in [-0.05, 0) is 93.5 Å². The van der Waals surface area contributed by atoms with Crippen LogP contribution in [0.3, 0.4) is 0 Å². The predicted molar refractivity (Wildman–Crippen MR) is 238 cm³/mol. The molecule has 0 atom stereocenters. The van der Waals surface area contributed by atoms with Gasteiger partial charge in [0.25, 0.3) is 0 Å². The number of hydrogen-bond acceptors (Lipinski definition) is 0. The molecule has 12 rings (SSSR count). The summed E-state index contributed by atoms with van der Waals surface area (Å²) < 4.78 is 4.93. The number of benzene rings is 9.